The summed E-state index contributed by atoms with van der Waals surface area (Å²) in [7, 11) is 0. The first-order chi connectivity index (χ1) is 9.46. The van der Waals surface area contributed by atoms with E-state index in [1.54, 1.807) is 13.8 Å². The Balaban J connectivity index is 2.77. The Morgan fingerprint density at radius 3 is 2.05 bits per heavy atom. The molecule has 0 radical (unpaired) electrons. The van der Waals surface area contributed by atoms with Gasteiger partial charge in [-0.15, -0.1) is 0 Å². The molecule has 1 aliphatic rings. The van der Waals surface area contributed by atoms with Crippen molar-refractivity contribution in [2.24, 2.45) is 4.99 Å². The van der Waals surface area contributed by atoms with E-state index in [1.807, 2.05) is 0 Å². The van der Waals surface area contributed by atoms with Crippen LogP contribution >= 0.6 is 0 Å². The van der Waals surface area contributed by atoms with E-state index in [0.29, 0.717) is 0 Å². The second kappa shape index (κ2) is 4.64. The van der Waals surface area contributed by atoms with Gasteiger partial charge in [-0.1, -0.05) is 0 Å². The molecule has 1 aromatic carbocycles. The van der Waals surface area contributed by atoms with Gasteiger partial charge in [0.25, 0.3) is 0 Å². The predicted molar refractivity (Wildman–Crippen MR) is 62.6 cm³/mol. The van der Waals surface area contributed by atoms with Crippen LogP contribution in [0.15, 0.2) is 4.99 Å². The number of hydrogen-bond acceptors (Lipinski definition) is 2. The van der Waals surface area contributed by atoms with Gasteiger partial charge in [-0.3, -0.25) is 0 Å². The molecule has 0 bridgehead atoms. The predicted octanol–water partition coefficient (Wildman–Crippen LogP) is 3.99. The molecule has 2 nitrogen and oxygen atoms in total. The van der Waals surface area contributed by atoms with Gasteiger partial charge in [0.15, 0.2) is 17.5 Å². The Hall–Kier alpha value is -1.73. The number of alkyl halides is 3. The molecule has 1 heterocycles. The van der Waals surface area contributed by atoms with Gasteiger partial charge in [-0.2, -0.15) is 13.2 Å². The summed E-state index contributed by atoms with van der Waals surface area (Å²) in [4.78, 5) is 3.90. The number of benzene rings is 1. The molecule has 0 unspecified atom stereocenters. The molecule has 0 spiro atoms. The molecule has 0 atom stereocenters. The zero-order valence-electron chi connectivity index (χ0n) is 11.3. The average molecular weight is 311 g/mol. The summed E-state index contributed by atoms with van der Waals surface area (Å²) in [6, 6.07) is 0. The van der Waals surface area contributed by atoms with Crippen molar-refractivity contribution in [1.82, 2.24) is 0 Å². The van der Waals surface area contributed by atoms with E-state index < -0.39 is 51.8 Å². The van der Waals surface area contributed by atoms with Crippen LogP contribution in [-0.2, 0) is 10.9 Å². The Kier molecular flexibility index (Phi) is 3.46. The van der Waals surface area contributed by atoms with Crippen molar-refractivity contribution < 1.29 is 31.1 Å². The van der Waals surface area contributed by atoms with E-state index in [2.05, 4.69) is 4.99 Å². The van der Waals surface area contributed by atoms with Crippen LogP contribution in [0, 0.1) is 24.4 Å². The van der Waals surface area contributed by atoms with Gasteiger partial charge in [-0.25, -0.2) is 18.2 Å². The number of aliphatic imine (C=N–C) groups is 1. The maximum atomic E-state index is 14.1. The monoisotopic (exact) mass is 311 g/mol. The molecule has 0 saturated carbocycles. The van der Waals surface area contributed by atoms with Crippen molar-refractivity contribution in [3.05, 3.63) is 34.1 Å². The molecule has 21 heavy (non-hydrogen) atoms. The third-order valence-corrected chi connectivity index (χ3v) is 3.02. The highest BCUT2D eigenvalue weighted by atomic mass is 19.4. The zero-order valence-corrected chi connectivity index (χ0v) is 11.3. The minimum absolute atomic E-state index is 0.00155. The maximum absolute atomic E-state index is 14.1. The molecule has 0 aromatic heterocycles. The fourth-order valence-corrected chi connectivity index (χ4v) is 1.99. The molecule has 2 rings (SSSR count). The lowest BCUT2D eigenvalue weighted by molar-refractivity contribution is -0.142. The lowest BCUT2D eigenvalue weighted by Gasteiger charge is -2.15. The van der Waals surface area contributed by atoms with Crippen LogP contribution < -0.4 is 0 Å². The highest BCUT2D eigenvalue weighted by Crippen LogP contribution is 2.38. The molecule has 0 saturated heterocycles. The molecule has 1 aliphatic heterocycles. The first-order valence-electron chi connectivity index (χ1n) is 5.93. The molecule has 0 N–H and O–H groups in total. The van der Waals surface area contributed by atoms with Crippen LogP contribution in [0.3, 0.4) is 0 Å². The highest BCUT2D eigenvalue weighted by molar-refractivity contribution is 5.97. The van der Waals surface area contributed by atoms with E-state index in [-0.39, 0.29) is 6.61 Å². The summed E-state index contributed by atoms with van der Waals surface area (Å²) in [5.74, 6) is -6.41. The van der Waals surface area contributed by atoms with Crippen molar-refractivity contribution in [3.8, 4) is 0 Å². The van der Waals surface area contributed by atoms with Crippen molar-refractivity contribution in [2.75, 3.05) is 6.61 Å². The number of nitrogens with zero attached hydrogens (tertiary/aromatic N) is 1. The lowest BCUT2D eigenvalue weighted by atomic mass is 10.0. The third-order valence-electron chi connectivity index (χ3n) is 3.02. The van der Waals surface area contributed by atoms with Gasteiger partial charge in [0.2, 0.25) is 5.90 Å². The molecule has 116 valence electrons. The Labute approximate surface area is 116 Å². The topological polar surface area (TPSA) is 21.6 Å². The van der Waals surface area contributed by atoms with Crippen LogP contribution in [0.1, 0.15) is 30.5 Å². The van der Waals surface area contributed by atoms with E-state index >= 15 is 0 Å². The summed E-state index contributed by atoms with van der Waals surface area (Å²) in [5, 5.41) is 0. The molecule has 8 heteroatoms. The van der Waals surface area contributed by atoms with Gasteiger partial charge in [0, 0.05) is 5.56 Å². The SMILES string of the molecule is Cc1c(F)c(F)c(C(F)(F)F)c(F)c1C1=NC(C)(C)CO1. The van der Waals surface area contributed by atoms with Crippen molar-refractivity contribution in [2.45, 2.75) is 32.5 Å². The summed E-state index contributed by atoms with van der Waals surface area (Å²) in [6.45, 7) is 4.19. The van der Waals surface area contributed by atoms with Gasteiger partial charge in [0.1, 0.15) is 12.2 Å². The number of rotatable bonds is 1. The minimum atomic E-state index is -5.37. The van der Waals surface area contributed by atoms with E-state index in [1.165, 1.54) is 0 Å². The number of halogens is 6. The Morgan fingerprint density at radius 2 is 1.62 bits per heavy atom. The standard InChI is InChI=1S/C13H11F6NO/c1-5-6(11-20-12(2,3)4-21-11)9(15)7(13(17,18)19)10(16)8(5)14/h4H2,1-3H3. The molecule has 0 amide bonds. The molecule has 0 aliphatic carbocycles. The normalized spacial score (nSPS) is 17.7. The third kappa shape index (κ3) is 2.58. The van der Waals surface area contributed by atoms with Crippen LogP contribution in [0.4, 0.5) is 26.3 Å². The highest BCUT2D eigenvalue weighted by Gasteiger charge is 2.43. The molecule has 0 fully saturated rings. The fourth-order valence-electron chi connectivity index (χ4n) is 1.99. The van der Waals surface area contributed by atoms with Crippen LogP contribution in [0.25, 0.3) is 0 Å². The van der Waals surface area contributed by atoms with Crippen LogP contribution in [0.2, 0.25) is 0 Å². The van der Waals surface area contributed by atoms with Crippen molar-refractivity contribution in [1.29, 1.82) is 0 Å². The molecule has 1 aromatic rings. The van der Waals surface area contributed by atoms with Gasteiger partial charge >= 0.3 is 6.18 Å². The summed E-state index contributed by atoms with van der Waals surface area (Å²) in [5.41, 5.74) is -4.48. The zero-order chi connectivity index (χ0) is 16.2. The second-order valence-electron chi connectivity index (χ2n) is 5.33. The summed E-state index contributed by atoms with van der Waals surface area (Å²) >= 11 is 0. The average Bonchev–Trinajstić information content (AvgIpc) is 2.65. The van der Waals surface area contributed by atoms with E-state index in [9.17, 15) is 26.3 Å². The molecular formula is C13H11F6NO. The van der Waals surface area contributed by atoms with Gasteiger partial charge < -0.3 is 4.74 Å². The first-order valence-corrected chi connectivity index (χ1v) is 5.93. The fraction of sp³-hybridized carbons (Fsp3) is 0.462. The lowest BCUT2D eigenvalue weighted by Crippen LogP contribution is -2.19. The Bertz CT molecular complexity index is 633. The van der Waals surface area contributed by atoms with Gasteiger partial charge in [0.05, 0.1) is 11.1 Å². The van der Waals surface area contributed by atoms with E-state index in [4.69, 9.17) is 4.74 Å². The maximum Gasteiger partial charge on any atom is 0.422 e. The van der Waals surface area contributed by atoms with Crippen molar-refractivity contribution >= 4 is 5.90 Å². The van der Waals surface area contributed by atoms with E-state index in [0.717, 1.165) is 6.92 Å². The summed E-state index contributed by atoms with van der Waals surface area (Å²) in [6.07, 6.45) is -5.37. The second-order valence-corrected chi connectivity index (χ2v) is 5.33. The minimum Gasteiger partial charge on any atom is -0.475 e. The largest absolute Gasteiger partial charge is 0.475 e. The quantitative estimate of drug-likeness (QED) is 0.568. The van der Waals surface area contributed by atoms with Crippen LogP contribution in [0.5, 0.6) is 0 Å². The smallest absolute Gasteiger partial charge is 0.422 e. The molecular weight excluding hydrogens is 300 g/mol. The first kappa shape index (κ1) is 15.7. The summed E-state index contributed by atoms with van der Waals surface area (Å²) < 4.78 is 84.3. The number of hydrogen-bond donors (Lipinski definition) is 0. The van der Waals surface area contributed by atoms with Gasteiger partial charge in [-0.05, 0) is 20.8 Å². The van der Waals surface area contributed by atoms with Crippen molar-refractivity contribution in [3.63, 3.8) is 0 Å². The van der Waals surface area contributed by atoms with Crippen LogP contribution in [-0.4, -0.2) is 18.0 Å². The Morgan fingerprint density at radius 1 is 1.05 bits per heavy atom. The number of ether oxygens (including phenoxy) is 1.